The summed E-state index contributed by atoms with van der Waals surface area (Å²) in [5.74, 6) is -40.6. The van der Waals surface area contributed by atoms with Crippen molar-refractivity contribution in [1.29, 1.82) is 0 Å². The van der Waals surface area contributed by atoms with Gasteiger partial charge in [-0.25, -0.2) is 13.6 Å². The summed E-state index contributed by atoms with van der Waals surface area (Å²) in [6.07, 6.45) is -7.02. The summed E-state index contributed by atoms with van der Waals surface area (Å²) in [5, 5.41) is 0. The molecular weight excluding hydrogens is 452 g/mol. The van der Waals surface area contributed by atoms with Crippen molar-refractivity contribution in [2.24, 2.45) is 0 Å². The fourth-order valence-electron chi connectivity index (χ4n) is 1.95. The minimum atomic E-state index is -7.81. The van der Waals surface area contributed by atoms with E-state index in [0.717, 1.165) is 12.1 Å². The van der Waals surface area contributed by atoms with Crippen molar-refractivity contribution in [2.75, 3.05) is 0 Å². The zero-order valence-electron chi connectivity index (χ0n) is 14.2. The van der Waals surface area contributed by atoms with E-state index in [1.54, 1.807) is 0 Å². The van der Waals surface area contributed by atoms with Crippen molar-refractivity contribution in [3.63, 3.8) is 0 Å². The van der Waals surface area contributed by atoms with Gasteiger partial charge in [-0.2, -0.15) is 43.9 Å². The summed E-state index contributed by atoms with van der Waals surface area (Å²) >= 11 is 0. The van der Waals surface area contributed by atoms with Crippen molar-refractivity contribution < 1.29 is 62.2 Å². The van der Waals surface area contributed by atoms with Gasteiger partial charge >= 0.3 is 42.0 Å². The van der Waals surface area contributed by atoms with E-state index in [2.05, 4.69) is 11.3 Å². The van der Waals surface area contributed by atoms with Crippen molar-refractivity contribution in [1.82, 2.24) is 0 Å². The summed E-state index contributed by atoms with van der Waals surface area (Å²) in [6.45, 7) is 3.01. The van der Waals surface area contributed by atoms with Crippen LogP contribution < -0.4 is 0 Å². The third-order valence-electron chi connectivity index (χ3n) is 3.71. The summed E-state index contributed by atoms with van der Waals surface area (Å²) in [4.78, 5) is 11.4. The van der Waals surface area contributed by atoms with Gasteiger partial charge in [0.15, 0.2) is 0 Å². The van der Waals surface area contributed by atoms with Gasteiger partial charge in [0.2, 0.25) is 0 Å². The Morgan fingerprint density at radius 2 is 1.30 bits per heavy atom. The number of halogens is 12. The van der Waals surface area contributed by atoms with Crippen LogP contribution >= 0.6 is 0 Å². The summed E-state index contributed by atoms with van der Waals surface area (Å²) in [6, 6.07) is 6.03. The van der Waals surface area contributed by atoms with Crippen LogP contribution in [0, 0.1) is 0 Å². The van der Waals surface area contributed by atoms with E-state index in [9.17, 15) is 57.5 Å². The lowest BCUT2D eigenvalue weighted by Crippen LogP contribution is -2.70. The van der Waals surface area contributed by atoms with Crippen molar-refractivity contribution >= 4 is 5.97 Å². The Bertz CT molecular complexity index is 761. The van der Waals surface area contributed by atoms with Crippen molar-refractivity contribution in [3.8, 4) is 0 Å². The van der Waals surface area contributed by atoms with Gasteiger partial charge in [0.1, 0.15) is 6.10 Å². The van der Waals surface area contributed by atoms with Gasteiger partial charge in [0.25, 0.3) is 0 Å². The molecule has 0 aliphatic heterocycles. The van der Waals surface area contributed by atoms with Crippen LogP contribution in [0.1, 0.15) is 11.7 Å². The average Bonchev–Trinajstić information content (AvgIpc) is 2.65. The number of carbonyl (C=O) groups is 1. The molecule has 1 atom stereocenters. The second-order valence-electron chi connectivity index (χ2n) is 5.69. The highest BCUT2D eigenvalue weighted by molar-refractivity contribution is 5.79. The number of ether oxygens (including phenoxy) is 1. The van der Waals surface area contributed by atoms with Crippen LogP contribution in [0.15, 0.2) is 43.0 Å². The van der Waals surface area contributed by atoms with E-state index in [4.69, 9.17) is 0 Å². The van der Waals surface area contributed by atoms with Gasteiger partial charge in [-0.1, -0.05) is 36.9 Å². The second kappa shape index (κ2) is 8.02. The zero-order valence-corrected chi connectivity index (χ0v) is 14.2. The smallest absolute Gasteiger partial charge is 0.411 e. The van der Waals surface area contributed by atoms with Gasteiger partial charge in [0, 0.05) is 0 Å². The highest BCUT2D eigenvalue weighted by atomic mass is 19.4. The largest absolute Gasteiger partial charge is 0.449 e. The maximum absolute atomic E-state index is 13.7. The van der Waals surface area contributed by atoms with Gasteiger partial charge < -0.3 is 4.74 Å². The molecule has 0 radical (unpaired) electrons. The predicted octanol–water partition coefficient (Wildman–Crippen LogP) is 5.90. The molecule has 1 unspecified atom stereocenters. The molecule has 0 spiro atoms. The third kappa shape index (κ3) is 3.83. The Morgan fingerprint density at radius 3 is 1.70 bits per heavy atom. The van der Waals surface area contributed by atoms with Crippen LogP contribution in [0.25, 0.3) is 0 Å². The molecule has 0 aliphatic rings. The quantitative estimate of drug-likeness (QED) is 0.260. The molecule has 0 fully saturated rings. The monoisotopic (exact) mass is 462 g/mol. The second-order valence-corrected chi connectivity index (χ2v) is 5.69. The van der Waals surface area contributed by atoms with Crippen LogP contribution in [0.3, 0.4) is 0 Å². The molecular formula is C16H10F12O2. The standard InChI is InChI=1S/C16H10F12O2/c1-2-9(8-6-4-3-5-7-8)30-11(29)13(21,22)15(25,26)16(27,28)14(23,24)12(19,20)10(17)18/h2-7,9-10H,1H2. The van der Waals surface area contributed by atoms with Crippen LogP contribution in [0.5, 0.6) is 0 Å². The predicted molar refractivity (Wildman–Crippen MR) is 76.2 cm³/mol. The number of hydrogen-bond acceptors (Lipinski definition) is 2. The van der Waals surface area contributed by atoms with Crippen molar-refractivity contribution in [2.45, 2.75) is 42.1 Å². The summed E-state index contributed by atoms with van der Waals surface area (Å²) in [5.41, 5.74) is -0.193. The normalized spacial score (nSPS) is 15.1. The Balaban J connectivity index is 3.34. The fourth-order valence-corrected chi connectivity index (χ4v) is 1.95. The van der Waals surface area contributed by atoms with Crippen LogP contribution in [-0.2, 0) is 9.53 Å². The van der Waals surface area contributed by atoms with Gasteiger partial charge in [-0.15, -0.1) is 0 Å². The first kappa shape index (κ1) is 25.6. The average molecular weight is 462 g/mol. The van der Waals surface area contributed by atoms with Gasteiger partial charge in [-0.3, -0.25) is 0 Å². The maximum Gasteiger partial charge on any atom is 0.411 e. The van der Waals surface area contributed by atoms with Crippen molar-refractivity contribution in [3.05, 3.63) is 48.6 Å². The Morgan fingerprint density at radius 1 is 0.833 bits per heavy atom. The van der Waals surface area contributed by atoms with Crippen LogP contribution in [0.4, 0.5) is 52.7 Å². The summed E-state index contributed by atoms with van der Waals surface area (Å²) in [7, 11) is 0. The molecule has 0 amide bonds. The van der Waals surface area contributed by atoms with Gasteiger partial charge in [-0.05, 0) is 11.6 Å². The number of carbonyl (C=O) groups excluding carboxylic acids is 1. The highest BCUT2D eigenvalue weighted by Crippen LogP contribution is 2.58. The van der Waals surface area contributed by atoms with E-state index in [1.807, 2.05) is 0 Å². The zero-order chi connectivity index (χ0) is 23.8. The molecule has 0 N–H and O–H groups in total. The van der Waals surface area contributed by atoms with Gasteiger partial charge in [0.05, 0.1) is 0 Å². The Hall–Kier alpha value is -2.41. The molecule has 30 heavy (non-hydrogen) atoms. The SMILES string of the molecule is C=CC(OC(=O)C(F)(F)C(F)(F)C(F)(F)C(F)(F)C(F)(F)C(F)F)c1ccccc1. The number of rotatable bonds is 9. The molecule has 0 aliphatic carbocycles. The number of esters is 1. The first-order chi connectivity index (χ1) is 13.4. The summed E-state index contributed by atoms with van der Waals surface area (Å²) < 4.78 is 161. The minimum Gasteiger partial charge on any atom is -0.449 e. The maximum atomic E-state index is 13.7. The third-order valence-corrected chi connectivity index (χ3v) is 3.71. The van der Waals surface area contributed by atoms with Crippen LogP contribution in [0.2, 0.25) is 0 Å². The molecule has 0 aromatic heterocycles. The number of hydrogen-bond donors (Lipinski definition) is 0. The van der Waals surface area contributed by atoms with E-state index in [1.165, 1.54) is 18.2 Å². The first-order valence-electron chi connectivity index (χ1n) is 7.45. The van der Waals surface area contributed by atoms with E-state index in [-0.39, 0.29) is 5.56 Å². The molecule has 1 aromatic rings. The topological polar surface area (TPSA) is 26.3 Å². The van der Waals surface area contributed by atoms with E-state index in [0.29, 0.717) is 6.08 Å². The molecule has 0 heterocycles. The lowest BCUT2D eigenvalue weighted by molar-refractivity contribution is -0.408. The highest BCUT2D eigenvalue weighted by Gasteiger charge is 2.89. The molecule has 14 heteroatoms. The first-order valence-corrected chi connectivity index (χ1v) is 7.45. The van der Waals surface area contributed by atoms with E-state index < -0.39 is 48.1 Å². The molecule has 170 valence electrons. The molecule has 0 saturated heterocycles. The van der Waals surface area contributed by atoms with Crippen LogP contribution in [-0.4, -0.2) is 42.0 Å². The molecule has 0 bridgehead atoms. The molecule has 2 nitrogen and oxygen atoms in total. The molecule has 1 rings (SSSR count). The Kier molecular flexibility index (Phi) is 6.85. The minimum absolute atomic E-state index is 0.193. The Labute approximate surface area is 160 Å². The number of alkyl halides is 12. The molecule has 1 aromatic carbocycles. The van der Waals surface area contributed by atoms with E-state index >= 15 is 0 Å². The molecule has 0 saturated carbocycles. The number of benzene rings is 1. The lowest BCUT2D eigenvalue weighted by Gasteiger charge is -2.38. The fraction of sp³-hybridized carbons (Fsp3) is 0.438. The lowest BCUT2D eigenvalue weighted by atomic mass is 9.94.